The molecule has 0 unspecified atom stereocenters. The van der Waals surface area contributed by atoms with Crippen LogP contribution in [-0.4, -0.2) is 38.5 Å². The first-order chi connectivity index (χ1) is 9.24. The van der Waals surface area contributed by atoms with E-state index < -0.39 is 5.60 Å². The van der Waals surface area contributed by atoms with Gasteiger partial charge in [-0.3, -0.25) is 0 Å². The minimum Gasteiger partial charge on any atom is -0.461 e. The van der Waals surface area contributed by atoms with Gasteiger partial charge in [0.25, 0.3) is 0 Å². The number of rotatable bonds is 8. The van der Waals surface area contributed by atoms with Crippen molar-refractivity contribution in [3.05, 3.63) is 11.6 Å². The fraction of sp³-hybridized carbons (Fsp3) is 0.812. The maximum atomic E-state index is 11.2. The fourth-order valence-electron chi connectivity index (χ4n) is 2.29. The number of carbonyl (C=O) groups is 1. The number of carbonyl (C=O) groups excluding carboxylic acids is 1. The van der Waals surface area contributed by atoms with E-state index in [0.29, 0.717) is 12.0 Å². The lowest BCUT2D eigenvalue weighted by atomic mass is 9.94. The average Bonchev–Trinajstić information content (AvgIpc) is 2.67. The van der Waals surface area contributed by atoms with Crippen molar-refractivity contribution in [3.63, 3.8) is 0 Å². The number of esters is 1. The van der Waals surface area contributed by atoms with Gasteiger partial charge in [0.2, 0.25) is 0 Å². The molecule has 20 heavy (non-hydrogen) atoms. The highest BCUT2D eigenvalue weighted by atomic mass is 16.6. The van der Waals surface area contributed by atoms with Crippen molar-refractivity contribution in [2.24, 2.45) is 5.41 Å². The zero-order valence-corrected chi connectivity index (χ0v) is 13.5. The summed E-state index contributed by atoms with van der Waals surface area (Å²) in [6, 6.07) is 0. The Morgan fingerprint density at radius 2 is 2.10 bits per heavy atom. The van der Waals surface area contributed by atoms with Gasteiger partial charge in [-0.05, 0) is 38.5 Å². The molecule has 0 aliphatic heterocycles. The van der Waals surface area contributed by atoms with E-state index in [1.54, 1.807) is 0 Å². The third kappa shape index (κ3) is 6.53. The second-order valence-corrected chi connectivity index (χ2v) is 6.74. The van der Waals surface area contributed by atoms with Crippen LogP contribution in [0.3, 0.4) is 0 Å². The molecule has 4 heteroatoms. The predicted octanol–water partition coefficient (Wildman–Crippen LogP) is 3.11. The maximum absolute atomic E-state index is 11.2. The van der Waals surface area contributed by atoms with E-state index >= 15 is 0 Å². The van der Waals surface area contributed by atoms with Gasteiger partial charge in [0, 0.05) is 7.11 Å². The first-order valence-corrected chi connectivity index (χ1v) is 7.23. The van der Waals surface area contributed by atoms with Crippen molar-refractivity contribution >= 4 is 5.97 Å². The van der Waals surface area contributed by atoms with Crippen LogP contribution in [0, 0.1) is 5.41 Å². The Balaban J connectivity index is 2.24. The summed E-state index contributed by atoms with van der Waals surface area (Å²) in [6.07, 6.45) is 5.71. The molecule has 116 valence electrons. The molecule has 0 heterocycles. The van der Waals surface area contributed by atoms with Gasteiger partial charge in [-0.25, -0.2) is 4.79 Å². The van der Waals surface area contributed by atoms with Gasteiger partial charge in [-0.15, -0.1) is 0 Å². The van der Waals surface area contributed by atoms with Gasteiger partial charge in [0.1, 0.15) is 13.2 Å². The Morgan fingerprint density at radius 1 is 1.40 bits per heavy atom. The summed E-state index contributed by atoms with van der Waals surface area (Å²) in [5.74, 6) is -0.357. The van der Waals surface area contributed by atoms with Crippen LogP contribution in [0.2, 0.25) is 0 Å². The minimum absolute atomic E-state index is 0.0158. The van der Waals surface area contributed by atoms with E-state index in [0.717, 1.165) is 6.42 Å². The predicted molar refractivity (Wildman–Crippen MR) is 78.6 cm³/mol. The molecule has 1 aliphatic rings. The number of ether oxygens (including phenoxy) is 3. The van der Waals surface area contributed by atoms with Gasteiger partial charge in [-0.1, -0.05) is 25.5 Å². The number of methoxy groups -OCH3 is 1. The van der Waals surface area contributed by atoms with Crippen molar-refractivity contribution in [2.45, 2.75) is 52.6 Å². The molecule has 0 atom stereocenters. The average molecular weight is 284 g/mol. The van der Waals surface area contributed by atoms with E-state index in [9.17, 15) is 4.79 Å². The van der Waals surface area contributed by atoms with Gasteiger partial charge >= 0.3 is 5.97 Å². The summed E-state index contributed by atoms with van der Waals surface area (Å²) in [6.45, 7) is 9.29. The van der Waals surface area contributed by atoms with Crippen molar-refractivity contribution in [1.29, 1.82) is 0 Å². The third-order valence-corrected chi connectivity index (χ3v) is 3.44. The fourth-order valence-corrected chi connectivity index (χ4v) is 2.29. The van der Waals surface area contributed by atoms with E-state index in [2.05, 4.69) is 19.9 Å². The van der Waals surface area contributed by atoms with Crippen LogP contribution in [0.15, 0.2) is 11.6 Å². The lowest BCUT2D eigenvalue weighted by Gasteiger charge is -2.25. The lowest BCUT2D eigenvalue weighted by Crippen LogP contribution is -2.33. The Kier molecular flexibility index (Phi) is 6.21. The normalized spacial score (nSPS) is 17.9. The van der Waals surface area contributed by atoms with Crippen molar-refractivity contribution < 1.29 is 19.0 Å². The van der Waals surface area contributed by atoms with Crippen LogP contribution >= 0.6 is 0 Å². The Hall–Kier alpha value is -0.870. The van der Waals surface area contributed by atoms with Crippen molar-refractivity contribution in [3.8, 4) is 0 Å². The molecular weight excluding hydrogens is 256 g/mol. The number of allylic oxidation sites excluding steroid dienone is 1. The Morgan fingerprint density at radius 3 is 2.65 bits per heavy atom. The Labute approximate surface area is 122 Å². The smallest absolute Gasteiger partial charge is 0.332 e. The van der Waals surface area contributed by atoms with Crippen LogP contribution in [0.4, 0.5) is 0 Å². The summed E-state index contributed by atoms with van der Waals surface area (Å²) in [5, 5.41) is 0. The quantitative estimate of drug-likeness (QED) is 0.507. The molecule has 0 saturated heterocycles. The first kappa shape index (κ1) is 17.2. The van der Waals surface area contributed by atoms with Gasteiger partial charge in [0.05, 0.1) is 12.2 Å². The first-order valence-electron chi connectivity index (χ1n) is 7.23. The molecule has 0 spiro atoms. The second-order valence-electron chi connectivity index (χ2n) is 6.74. The molecule has 0 aromatic carbocycles. The molecule has 0 amide bonds. The molecular formula is C16H28O4. The maximum Gasteiger partial charge on any atom is 0.332 e. The third-order valence-electron chi connectivity index (χ3n) is 3.44. The molecule has 0 aromatic heterocycles. The largest absolute Gasteiger partial charge is 0.461 e. The molecule has 0 saturated carbocycles. The zero-order chi connectivity index (χ0) is 15.2. The summed E-state index contributed by atoms with van der Waals surface area (Å²) in [4.78, 5) is 11.2. The summed E-state index contributed by atoms with van der Waals surface area (Å²) in [7, 11) is 1.47. The lowest BCUT2D eigenvalue weighted by molar-refractivity contribution is -0.157. The summed E-state index contributed by atoms with van der Waals surface area (Å²) in [5.41, 5.74) is 1.35. The van der Waals surface area contributed by atoms with Gasteiger partial charge in [0.15, 0.2) is 0 Å². The van der Waals surface area contributed by atoms with E-state index in [-0.39, 0.29) is 19.2 Å². The van der Waals surface area contributed by atoms with E-state index in [1.165, 1.54) is 25.5 Å². The van der Waals surface area contributed by atoms with Crippen molar-refractivity contribution in [2.75, 3.05) is 26.9 Å². The Bertz CT molecular complexity index is 355. The highest BCUT2D eigenvalue weighted by molar-refractivity contribution is 5.70. The summed E-state index contributed by atoms with van der Waals surface area (Å²) < 4.78 is 15.6. The molecule has 0 N–H and O–H groups in total. The molecule has 0 radical (unpaired) electrons. The van der Waals surface area contributed by atoms with Crippen LogP contribution in [-0.2, 0) is 19.0 Å². The molecule has 0 fully saturated rings. The molecule has 0 bridgehead atoms. The van der Waals surface area contributed by atoms with Crippen LogP contribution in [0.25, 0.3) is 0 Å². The molecule has 1 aliphatic carbocycles. The second kappa shape index (κ2) is 7.23. The molecule has 4 nitrogen and oxygen atoms in total. The van der Waals surface area contributed by atoms with E-state index in [1.807, 2.05) is 13.8 Å². The molecule has 1 rings (SSSR count). The van der Waals surface area contributed by atoms with Crippen LogP contribution in [0.5, 0.6) is 0 Å². The van der Waals surface area contributed by atoms with E-state index in [4.69, 9.17) is 14.2 Å². The minimum atomic E-state index is -0.460. The highest BCUT2D eigenvalue weighted by Gasteiger charge is 2.24. The molecule has 0 aromatic rings. The zero-order valence-electron chi connectivity index (χ0n) is 13.5. The van der Waals surface area contributed by atoms with Crippen LogP contribution < -0.4 is 0 Å². The van der Waals surface area contributed by atoms with Gasteiger partial charge < -0.3 is 14.2 Å². The van der Waals surface area contributed by atoms with Crippen LogP contribution in [0.1, 0.15) is 47.0 Å². The topological polar surface area (TPSA) is 44.8 Å². The monoisotopic (exact) mass is 284 g/mol. The van der Waals surface area contributed by atoms with Gasteiger partial charge in [-0.2, -0.15) is 0 Å². The number of hydrogen-bond acceptors (Lipinski definition) is 4. The SMILES string of the molecule is COCC(=O)OCC(C)(C)OCCC1=CC(C)(C)CC1. The summed E-state index contributed by atoms with van der Waals surface area (Å²) >= 11 is 0. The highest BCUT2D eigenvalue weighted by Crippen LogP contribution is 2.36. The standard InChI is InChI=1S/C16H28O4/c1-15(2)8-6-13(10-15)7-9-20-16(3,4)12-19-14(17)11-18-5/h10H,6-9,11-12H2,1-5H3. The number of hydrogen-bond donors (Lipinski definition) is 0. The van der Waals surface area contributed by atoms with Crippen molar-refractivity contribution in [1.82, 2.24) is 0 Å².